The highest BCUT2D eigenvalue weighted by atomic mass is 35.5. The molecule has 1 aromatic rings. The van der Waals surface area contributed by atoms with E-state index >= 15 is 0 Å². The van der Waals surface area contributed by atoms with Gasteiger partial charge in [0.2, 0.25) is 0 Å². The van der Waals surface area contributed by atoms with E-state index in [-0.39, 0.29) is 5.69 Å². The lowest BCUT2D eigenvalue weighted by Crippen LogP contribution is -2.20. The topological polar surface area (TPSA) is 48.4 Å². The van der Waals surface area contributed by atoms with Crippen molar-refractivity contribution >= 4 is 17.6 Å². The van der Waals surface area contributed by atoms with Crippen LogP contribution in [0, 0.1) is 0 Å². The van der Waals surface area contributed by atoms with Crippen molar-refractivity contribution in [3.8, 4) is 5.75 Å². The maximum absolute atomic E-state index is 12.8. The molecule has 0 unspecified atom stereocenters. The molecule has 0 atom stereocenters. The summed E-state index contributed by atoms with van der Waals surface area (Å²) < 4.78 is 70.3. The van der Waals surface area contributed by atoms with Crippen molar-refractivity contribution in [2.75, 3.05) is 7.11 Å². The Morgan fingerprint density at radius 2 is 2.00 bits per heavy atom. The summed E-state index contributed by atoms with van der Waals surface area (Å²) in [6.07, 6.45) is -8.88. The molecule has 0 saturated heterocycles. The van der Waals surface area contributed by atoms with Crippen molar-refractivity contribution in [3.63, 3.8) is 0 Å². The Kier molecular flexibility index (Phi) is 5.70. The summed E-state index contributed by atoms with van der Waals surface area (Å²) in [5, 5.41) is 0. The fourth-order valence-electron chi connectivity index (χ4n) is 1.43. The van der Waals surface area contributed by atoms with E-state index < -0.39 is 48.1 Å². The van der Waals surface area contributed by atoms with E-state index in [9.17, 15) is 26.7 Å². The number of pyridine rings is 1. The van der Waals surface area contributed by atoms with Crippen LogP contribution in [0.4, 0.5) is 22.0 Å². The summed E-state index contributed by atoms with van der Waals surface area (Å²) in [6.45, 7) is 0. The average molecular weight is 334 g/mol. The van der Waals surface area contributed by atoms with E-state index in [0.717, 1.165) is 7.11 Å². The summed E-state index contributed by atoms with van der Waals surface area (Å²) in [7, 11) is 1.02. The van der Waals surface area contributed by atoms with Crippen LogP contribution < -0.4 is 4.74 Å². The average Bonchev–Trinajstić information content (AvgIpc) is 2.38. The highest BCUT2D eigenvalue weighted by molar-refractivity contribution is 6.17. The number of ether oxygens (including phenoxy) is 2. The first-order chi connectivity index (χ1) is 9.67. The number of hydrogen-bond donors (Lipinski definition) is 0. The van der Waals surface area contributed by atoms with E-state index in [1.165, 1.54) is 0 Å². The van der Waals surface area contributed by atoms with Gasteiger partial charge in [0.25, 0.3) is 6.43 Å². The molecule has 0 aliphatic rings. The van der Waals surface area contributed by atoms with Crippen LogP contribution in [-0.4, -0.2) is 24.4 Å². The van der Waals surface area contributed by atoms with Crippen molar-refractivity contribution in [3.05, 3.63) is 23.0 Å². The molecule has 10 heteroatoms. The minimum absolute atomic E-state index is 0.333. The minimum atomic E-state index is -5.12. The van der Waals surface area contributed by atoms with Gasteiger partial charge in [-0.2, -0.15) is 0 Å². The number of aromatic nitrogens is 1. The normalized spacial score (nSPS) is 11.6. The first kappa shape index (κ1) is 17.4. The molecule has 0 saturated carbocycles. The highest BCUT2D eigenvalue weighted by Gasteiger charge is 2.34. The molecule has 4 nitrogen and oxygen atoms in total. The maximum Gasteiger partial charge on any atom is 0.573 e. The molecule has 21 heavy (non-hydrogen) atoms. The van der Waals surface area contributed by atoms with Gasteiger partial charge in [-0.25, -0.2) is 8.78 Å². The van der Waals surface area contributed by atoms with Crippen molar-refractivity contribution < 1.29 is 36.2 Å². The third-order valence-electron chi connectivity index (χ3n) is 2.30. The molecule has 0 aromatic carbocycles. The molecule has 0 fully saturated rings. The molecule has 1 heterocycles. The number of rotatable bonds is 5. The molecule has 0 bridgehead atoms. The van der Waals surface area contributed by atoms with E-state index in [4.69, 9.17) is 11.6 Å². The zero-order chi connectivity index (χ0) is 16.2. The van der Waals surface area contributed by atoms with E-state index in [2.05, 4.69) is 14.5 Å². The number of carbonyl (C=O) groups excluding carboxylic acids is 1. The minimum Gasteiger partial charge on any atom is -0.469 e. The Balaban J connectivity index is 3.33. The molecule has 118 valence electrons. The van der Waals surface area contributed by atoms with Crippen LogP contribution in [0.1, 0.15) is 23.4 Å². The van der Waals surface area contributed by atoms with Crippen LogP contribution in [0.2, 0.25) is 0 Å². The fraction of sp³-hybridized carbons (Fsp3) is 0.455. The van der Waals surface area contributed by atoms with Gasteiger partial charge in [-0.1, -0.05) is 0 Å². The molecule has 0 aliphatic heterocycles. The second-order valence-corrected chi connectivity index (χ2v) is 3.97. The van der Waals surface area contributed by atoms with Gasteiger partial charge in [0.15, 0.2) is 5.75 Å². The Morgan fingerprint density at radius 1 is 1.38 bits per heavy atom. The molecule has 0 amide bonds. The Morgan fingerprint density at radius 3 is 2.43 bits per heavy atom. The van der Waals surface area contributed by atoms with Crippen molar-refractivity contribution in [2.24, 2.45) is 0 Å². The molecule has 0 N–H and O–H groups in total. The number of alkyl halides is 6. The van der Waals surface area contributed by atoms with Crippen LogP contribution in [-0.2, 0) is 21.8 Å². The first-order valence-electron chi connectivity index (χ1n) is 5.37. The third kappa shape index (κ3) is 5.00. The Labute approximate surface area is 120 Å². The Hall–Kier alpha value is -1.64. The maximum atomic E-state index is 12.8. The number of esters is 1. The quantitative estimate of drug-likeness (QED) is 0.471. The van der Waals surface area contributed by atoms with E-state index in [0.29, 0.717) is 6.07 Å². The largest absolute Gasteiger partial charge is 0.573 e. The summed E-state index contributed by atoms with van der Waals surface area (Å²) in [5.41, 5.74) is -1.61. The summed E-state index contributed by atoms with van der Waals surface area (Å²) in [6, 6.07) is 0.473. The lowest BCUT2D eigenvalue weighted by molar-refractivity contribution is -0.275. The molecule has 1 aromatic heterocycles. The number of nitrogens with zero attached hydrogens (tertiary/aromatic N) is 1. The predicted molar refractivity (Wildman–Crippen MR) is 61.2 cm³/mol. The smallest absolute Gasteiger partial charge is 0.469 e. The van der Waals surface area contributed by atoms with Gasteiger partial charge in [-0.15, -0.1) is 24.8 Å². The van der Waals surface area contributed by atoms with Crippen molar-refractivity contribution in [1.82, 2.24) is 4.98 Å². The van der Waals surface area contributed by atoms with Gasteiger partial charge in [-0.05, 0) is 6.07 Å². The summed E-state index contributed by atoms with van der Waals surface area (Å²) in [4.78, 5) is 14.7. The number of hydrogen-bond acceptors (Lipinski definition) is 4. The summed E-state index contributed by atoms with van der Waals surface area (Å²) in [5.74, 6) is -2.35. The van der Waals surface area contributed by atoms with Gasteiger partial charge in [0, 0.05) is 5.56 Å². The second-order valence-electron chi connectivity index (χ2n) is 3.70. The zero-order valence-electron chi connectivity index (χ0n) is 10.5. The fourth-order valence-corrected chi connectivity index (χ4v) is 1.65. The van der Waals surface area contributed by atoms with Gasteiger partial charge < -0.3 is 9.47 Å². The van der Waals surface area contributed by atoms with Crippen LogP contribution >= 0.6 is 11.6 Å². The van der Waals surface area contributed by atoms with Crippen LogP contribution in [0.15, 0.2) is 6.07 Å². The molecule has 1 rings (SSSR count). The van der Waals surface area contributed by atoms with Gasteiger partial charge in [0.05, 0.1) is 30.8 Å². The van der Waals surface area contributed by atoms with Gasteiger partial charge >= 0.3 is 12.3 Å². The monoisotopic (exact) mass is 333 g/mol. The summed E-state index contributed by atoms with van der Waals surface area (Å²) >= 11 is 5.43. The molecular weight excluding hydrogens is 325 g/mol. The van der Waals surface area contributed by atoms with Gasteiger partial charge in [0.1, 0.15) is 0 Å². The molecule has 0 aliphatic carbocycles. The number of carbonyl (C=O) groups is 1. The number of halogens is 6. The first-order valence-corrected chi connectivity index (χ1v) is 5.90. The third-order valence-corrected chi connectivity index (χ3v) is 2.55. The van der Waals surface area contributed by atoms with Crippen LogP contribution in [0.5, 0.6) is 5.75 Å². The van der Waals surface area contributed by atoms with Crippen molar-refractivity contribution in [2.45, 2.75) is 25.1 Å². The second kappa shape index (κ2) is 6.88. The molecular formula is C11H9ClF5NO3. The molecule has 0 radical (unpaired) electrons. The molecule has 0 spiro atoms. The highest BCUT2D eigenvalue weighted by Crippen LogP contribution is 2.32. The van der Waals surface area contributed by atoms with Crippen molar-refractivity contribution in [1.29, 1.82) is 0 Å². The zero-order valence-corrected chi connectivity index (χ0v) is 11.3. The lowest BCUT2D eigenvalue weighted by atomic mass is 10.1. The standard InChI is InChI=1S/C11H9ClF5NO3/c1-20-9(19)3-6-8(21-11(15,16)17)2-5(10(13)14)7(4-12)18-6/h2,10H,3-4H2,1H3. The van der Waals surface area contributed by atoms with E-state index in [1.54, 1.807) is 0 Å². The Bertz CT molecular complexity index is 521. The predicted octanol–water partition coefficient (Wildman–Crippen LogP) is 3.37. The van der Waals surface area contributed by atoms with Crippen LogP contribution in [0.25, 0.3) is 0 Å². The number of methoxy groups -OCH3 is 1. The SMILES string of the molecule is COC(=O)Cc1nc(CCl)c(C(F)F)cc1OC(F)(F)F. The van der Waals surface area contributed by atoms with Gasteiger partial charge in [-0.3, -0.25) is 9.78 Å². The van der Waals surface area contributed by atoms with Crippen LogP contribution in [0.3, 0.4) is 0 Å². The van der Waals surface area contributed by atoms with E-state index in [1.807, 2.05) is 0 Å². The lowest BCUT2D eigenvalue weighted by Gasteiger charge is -2.15.